The number of carbonyl (C=O) groups excluding carboxylic acids is 1. The number of amides is 1. The molecule has 1 aromatic heterocycles. The summed E-state index contributed by atoms with van der Waals surface area (Å²) in [6.45, 7) is 3.67. The number of carbonyl (C=O) groups is 1. The van der Waals surface area contributed by atoms with Gasteiger partial charge in [0.25, 0.3) is 0 Å². The maximum atomic E-state index is 12.6. The Kier molecular flexibility index (Phi) is 4.71. The van der Waals surface area contributed by atoms with Crippen LogP contribution in [0.15, 0.2) is 59.0 Å². The van der Waals surface area contributed by atoms with Crippen LogP contribution in [0.3, 0.4) is 0 Å². The van der Waals surface area contributed by atoms with Crippen molar-refractivity contribution in [1.29, 1.82) is 0 Å². The van der Waals surface area contributed by atoms with E-state index in [1.54, 1.807) is 0 Å². The smallest absolute Gasteiger partial charge is 0.241 e. The Hall–Kier alpha value is -2.66. The number of hydrogen-bond acceptors (Lipinski definition) is 4. The summed E-state index contributed by atoms with van der Waals surface area (Å²) in [7, 11) is 0. The maximum absolute atomic E-state index is 12.6. The lowest BCUT2D eigenvalue weighted by atomic mass is 9.96. The van der Waals surface area contributed by atoms with Gasteiger partial charge in [-0.15, -0.1) is 0 Å². The first-order valence-electron chi connectivity index (χ1n) is 9.16. The zero-order valence-corrected chi connectivity index (χ0v) is 14.9. The van der Waals surface area contributed by atoms with Gasteiger partial charge in [-0.1, -0.05) is 30.3 Å². The molecule has 2 aromatic carbocycles. The minimum atomic E-state index is -0.192. The molecule has 1 amide bonds. The fraction of sp³-hybridized carbons (Fsp3) is 0.333. The molecule has 2 heterocycles. The zero-order valence-electron chi connectivity index (χ0n) is 14.9. The van der Waals surface area contributed by atoms with Gasteiger partial charge in [0.2, 0.25) is 5.91 Å². The van der Waals surface area contributed by atoms with E-state index in [-0.39, 0.29) is 17.9 Å². The Morgan fingerprint density at radius 1 is 1.19 bits per heavy atom. The molecule has 0 unspecified atom stereocenters. The minimum Gasteiger partial charge on any atom is -0.440 e. The average Bonchev–Trinajstić information content (AvgIpc) is 3.12. The second kappa shape index (κ2) is 7.30. The molecule has 1 aliphatic heterocycles. The van der Waals surface area contributed by atoms with Crippen molar-refractivity contribution in [1.82, 2.24) is 9.88 Å². The molecule has 5 nitrogen and oxygen atoms in total. The van der Waals surface area contributed by atoms with Gasteiger partial charge in [-0.25, -0.2) is 4.98 Å². The van der Waals surface area contributed by atoms with Gasteiger partial charge in [0.15, 0.2) is 11.5 Å². The molecular formula is C21H23N3O2. The number of hydrogen-bond donors (Lipinski definition) is 1. The van der Waals surface area contributed by atoms with Gasteiger partial charge in [-0.3, -0.25) is 9.69 Å². The third-order valence-corrected chi connectivity index (χ3v) is 5.08. The Morgan fingerprint density at radius 3 is 2.77 bits per heavy atom. The van der Waals surface area contributed by atoms with Gasteiger partial charge in [-0.2, -0.15) is 0 Å². The van der Waals surface area contributed by atoms with Crippen LogP contribution in [0.4, 0.5) is 5.69 Å². The number of nitrogens with zero attached hydrogens (tertiary/aromatic N) is 2. The van der Waals surface area contributed by atoms with Crippen LogP contribution < -0.4 is 5.32 Å². The summed E-state index contributed by atoms with van der Waals surface area (Å²) in [4.78, 5) is 19.5. The predicted molar refractivity (Wildman–Crippen MR) is 102 cm³/mol. The van der Waals surface area contributed by atoms with Crippen molar-refractivity contribution in [2.24, 2.45) is 0 Å². The van der Waals surface area contributed by atoms with Gasteiger partial charge in [-0.05, 0) is 50.6 Å². The molecule has 2 atom stereocenters. The largest absolute Gasteiger partial charge is 0.440 e. The van der Waals surface area contributed by atoms with E-state index in [0.29, 0.717) is 0 Å². The second-order valence-electron chi connectivity index (χ2n) is 6.89. The minimum absolute atomic E-state index is 0.0226. The molecule has 5 heteroatoms. The molecule has 1 fully saturated rings. The SMILES string of the molecule is C[C@@H](C(=O)Nc1ccccc1)N1CCC[C@@H](c2nc3ccccc3o2)C1. The van der Waals surface area contributed by atoms with Crippen LogP contribution in [0.1, 0.15) is 31.6 Å². The molecule has 0 spiro atoms. The van der Waals surface area contributed by atoms with Crippen LogP contribution >= 0.6 is 0 Å². The highest BCUT2D eigenvalue weighted by Crippen LogP contribution is 2.29. The topological polar surface area (TPSA) is 58.4 Å². The molecular weight excluding hydrogens is 326 g/mol. The van der Waals surface area contributed by atoms with Crippen LogP contribution in [-0.2, 0) is 4.79 Å². The lowest BCUT2D eigenvalue weighted by Crippen LogP contribution is -2.46. The number of nitrogens with one attached hydrogen (secondary N) is 1. The number of piperidine rings is 1. The van der Waals surface area contributed by atoms with E-state index in [0.717, 1.165) is 48.6 Å². The monoisotopic (exact) mass is 349 g/mol. The molecule has 1 aliphatic rings. The summed E-state index contributed by atoms with van der Waals surface area (Å²) in [5, 5.41) is 3.00. The van der Waals surface area contributed by atoms with Crippen LogP contribution in [0.25, 0.3) is 11.1 Å². The summed E-state index contributed by atoms with van der Waals surface area (Å²) >= 11 is 0. The summed E-state index contributed by atoms with van der Waals surface area (Å²) in [6, 6.07) is 17.2. The Bertz CT molecular complexity index is 857. The molecule has 0 bridgehead atoms. The average molecular weight is 349 g/mol. The van der Waals surface area contributed by atoms with Crippen molar-refractivity contribution in [3.05, 3.63) is 60.5 Å². The van der Waals surface area contributed by atoms with Gasteiger partial charge in [0, 0.05) is 18.2 Å². The summed E-state index contributed by atoms with van der Waals surface area (Å²) in [6.07, 6.45) is 2.07. The van der Waals surface area contributed by atoms with Crippen molar-refractivity contribution in [3.8, 4) is 0 Å². The maximum Gasteiger partial charge on any atom is 0.241 e. The number of oxazole rings is 1. The van der Waals surface area contributed by atoms with Crippen molar-refractivity contribution in [3.63, 3.8) is 0 Å². The van der Waals surface area contributed by atoms with Gasteiger partial charge in [0.1, 0.15) is 5.52 Å². The molecule has 0 aliphatic carbocycles. The normalized spacial score (nSPS) is 19.3. The quantitative estimate of drug-likeness (QED) is 0.772. The number of likely N-dealkylation sites (tertiary alicyclic amines) is 1. The van der Waals surface area contributed by atoms with Crippen molar-refractivity contribution in [2.45, 2.75) is 31.7 Å². The third kappa shape index (κ3) is 3.48. The molecule has 1 N–H and O–H groups in total. The van der Waals surface area contributed by atoms with E-state index in [2.05, 4.69) is 15.2 Å². The molecule has 0 radical (unpaired) electrons. The molecule has 26 heavy (non-hydrogen) atoms. The molecule has 3 aromatic rings. The number of para-hydroxylation sites is 3. The highest BCUT2D eigenvalue weighted by molar-refractivity contribution is 5.94. The first-order valence-corrected chi connectivity index (χ1v) is 9.16. The number of fused-ring (bicyclic) bond motifs is 1. The standard InChI is InChI=1S/C21H23N3O2/c1-15(20(25)22-17-9-3-2-4-10-17)24-13-7-8-16(14-24)21-23-18-11-5-6-12-19(18)26-21/h2-6,9-12,15-16H,7-8,13-14H2,1H3,(H,22,25)/t15-,16+/m0/s1. The van der Waals surface area contributed by atoms with Gasteiger partial charge < -0.3 is 9.73 Å². The zero-order chi connectivity index (χ0) is 17.9. The van der Waals surface area contributed by atoms with E-state index in [1.165, 1.54) is 0 Å². The lowest BCUT2D eigenvalue weighted by molar-refractivity contribution is -0.121. The summed E-state index contributed by atoms with van der Waals surface area (Å²) in [5.74, 6) is 1.03. The van der Waals surface area contributed by atoms with Crippen LogP contribution in [0.2, 0.25) is 0 Å². The van der Waals surface area contributed by atoms with Crippen LogP contribution in [-0.4, -0.2) is 34.9 Å². The fourth-order valence-electron chi connectivity index (χ4n) is 3.56. The molecule has 4 rings (SSSR count). The first kappa shape index (κ1) is 16.8. The summed E-state index contributed by atoms with van der Waals surface area (Å²) < 4.78 is 5.95. The van der Waals surface area contributed by atoms with E-state index < -0.39 is 0 Å². The second-order valence-corrected chi connectivity index (χ2v) is 6.89. The Morgan fingerprint density at radius 2 is 1.96 bits per heavy atom. The predicted octanol–water partition coefficient (Wildman–Crippen LogP) is 4.03. The van der Waals surface area contributed by atoms with E-state index in [4.69, 9.17) is 4.42 Å². The van der Waals surface area contributed by atoms with Crippen LogP contribution in [0, 0.1) is 0 Å². The third-order valence-electron chi connectivity index (χ3n) is 5.08. The number of aromatic nitrogens is 1. The molecule has 0 saturated carbocycles. The highest BCUT2D eigenvalue weighted by atomic mass is 16.3. The molecule has 134 valence electrons. The highest BCUT2D eigenvalue weighted by Gasteiger charge is 2.30. The number of benzene rings is 2. The van der Waals surface area contributed by atoms with E-state index in [9.17, 15) is 4.79 Å². The number of rotatable bonds is 4. The number of anilines is 1. The fourth-order valence-corrected chi connectivity index (χ4v) is 3.56. The lowest BCUT2D eigenvalue weighted by Gasteiger charge is -2.34. The Balaban J connectivity index is 1.44. The molecule has 1 saturated heterocycles. The Labute approximate surface area is 153 Å². The summed E-state index contributed by atoms with van der Waals surface area (Å²) in [5.41, 5.74) is 2.56. The van der Waals surface area contributed by atoms with Crippen molar-refractivity contribution < 1.29 is 9.21 Å². The van der Waals surface area contributed by atoms with Gasteiger partial charge >= 0.3 is 0 Å². The van der Waals surface area contributed by atoms with Gasteiger partial charge in [0.05, 0.1) is 6.04 Å². The van der Waals surface area contributed by atoms with Crippen molar-refractivity contribution >= 4 is 22.7 Å². The first-order chi connectivity index (χ1) is 12.7. The van der Waals surface area contributed by atoms with E-state index >= 15 is 0 Å². The van der Waals surface area contributed by atoms with Crippen LogP contribution in [0.5, 0.6) is 0 Å². The van der Waals surface area contributed by atoms with Crippen molar-refractivity contribution in [2.75, 3.05) is 18.4 Å². The van der Waals surface area contributed by atoms with E-state index in [1.807, 2.05) is 61.5 Å².